The van der Waals surface area contributed by atoms with E-state index < -0.39 is 17.4 Å². The molecule has 1 aliphatic heterocycles. The Bertz CT molecular complexity index is 387. The highest BCUT2D eigenvalue weighted by Gasteiger charge is 2.35. The summed E-state index contributed by atoms with van der Waals surface area (Å²) in [7, 11) is 0. The van der Waals surface area contributed by atoms with Gasteiger partial charge in [0.15, 0.2) is 0 Å². The summed E-state index contributed by atoms with van der Waals surface area (Å²) in [6, 6.07) is -0.807. The highest BCUT2D eigenvalue weighted by atomic mass is 16.4. The van der Waals surface area contributed by atoms with Crippen LogP contribution >= 0.6 is 0 Å². The lowest BCUT2D eigenvalue weighted by atomic mass is 9.88. The van der Waals surface area contributed by atoms with E-state index in [1.807, 2.05) is 27.7 Å². The molecular formula is C17H32N2O3. The Hall–Kier alpha value is -1.10. The molecule has 1 heterocycles. The predicted molar refractivity (Wildman–Crippen MR) is 87.6 cm³/mol. The maximum absolute atomic E-state index is 12.5. The van der Waals surface area contributed by atoms with Crippen molar-refractivity contribution < 1.29 is 14.7 Å². The highest BCUT2D eigenvalue weighted by Crippen LogP contribution is 2.23. The molecule has 2 N–H and O–H groups in total. The van der Waals surface area contributed by atoms with Gasteiger partial charge in [-0.3, -0.25) is 4.79 Å². The number of nitrogens with one attached hydrogen (secondary N) is 1. The third-order valence-corrected chi connectivity index (χ3v) is 4.88. The predicted octanol–water partition coefficient (Wildman–Crippen LogP) is 2.36. The zero-order valence-electron chi connectivity index (χ0n) is 14.7. The highest BCUT2D eigenvalue weighted by molar-refractivity contribution is 5.87. The number of amides is 1. The van der Waals surface area contributed by atoms with Gasteiger partial charge in [0.2, 0.25) is 5.91 Å². The van der Waals surface area contributed by atoms with Crippen molar-refractivity contribution in [2.24, 2.45) is 17.3 Å². The molecular weight excluding hydrogens is 280 g/mol. The Kier molecular flexibility index (Phi) is 6.85. The average molecular weight is 312 g/mol. The molecule has 1 saturated heterocycles. The smallest absolute Gasteiger partial charge is 0.326 e. The zero-order valence-corrected chi connectivity index (χ0v) is 14.7. The van der Waals surface area contributed by atoms with Gasteiger partial charge in [-0.1, -0.05) is 27.2 Å². The lowest BCUT2D eigenvalue weighted by Crippen LogP contribution is -2.53. The van der Waals surface area contributed by atoms with Crippen molar-refractivity contribution in [3.05, 3.63) is 0 Å². The van der Waals surface area contributed by atoms with E-state index in [1.165, 1.54) is 12.8 Å². The zero-order chi connectivity index (χ0) is 16.9. The van der Waals surface area contributed by atoms with E-state index in [1.54, 1.807) is 0 Å². The number of carbonyl (C=O) groups excluding carboxylic acids is 1. The molecule has 1 amide bonds. The molecule has 5 heteroatoms. The second-order valence-corrected chi connectivity index (χ2v) is 7.52. The van der Waals surface area contributed by atoms with E-state index in [0.717, 1.165) is 25.4 Å². The van der Waals surface area contributed by atoms with Gasteiger partial charge in [0, 0.05) is 6.54 Å². The van der Waals surface area contributed by atoms with E-state index >= 15 is 0 Å². The van der Waals surface area contributed by atoms with Gasteiger partial charge < -0.3 is 15.3 Å². The minimum atomic E-state index is -0.953. The van der Waals surface area contributed by atoms with E-state index in [9.17, 15) is 14.7 Å². The maximum Gasteiger partial charge on any atom is 0.326 e. The lowest BCUT2D eigenvalue weighted by molar-refractivity contribution is -0.145. The molecule has 5 nitrogen and oxygen atoms in total. The Morgan fingerprint density at radius 1 is 1.32 bits per heavy atom. The van der Waals surface area contributed by atoms with Crippen molar-refractivity contribution >= 4 is 11.9 Å². The first-order valence-corrected chi connectivity index (χ1v) is 8.43. The van der Waals surface area contributed by atoms with Crippen LogP contribution in [0.4, 0.5) is 0 Å². The summed E-state index contributed by atoms with van der Waals surface area (Å²) in [6.45, 7) is 12.6. The van der Waals surface area contributed by atoms with E-state index in [2.05, 4.69) is 17.1 Å². The summed E-state index contributed by atoms with van der Waals surface area (Å²) in [4.78, 5) is 26.2. The molecule has 1 aliphatic rings. The second-order valence-electron chi connectivity index (χ2n) is 7.52. The number of nitrogens with zero attached hydrogens (tertiary/aromatic N) is 1. The van der Waals surface area contributed by atoms with Crippen molar-refractivity contribution in [1.29, 1.82) is 0 Å². The molecule has 1 rings (SSSR count). The molecule has 0 aromatic heterocycles. The molecule has 0 bridgehead atoms. The van der Waals surface area contributed by atoms with Gasteiger partial charge in [0.05, 0.1) is 5.41 Å². The molecule has 1 fully saturated rings. The summed E-state index contributed by atoms with van der Waals surface area (Å²) in [5.74, 6) is -0.438. The molecule has 2 atom stereocenters. The number of hydrogen-bond acceptors (Lipinski definition) is 3. The normalized spacial score (nSPS) is 20.4. The fourth-order valence-corrected chi connectivity index (χ4v) is 2.87. The van der Waals surface area contributed by atoms with Gasteiger partial charge in [-0.05, 0) is 51.6 Å². The van der Waals surface area contributed by atoms with Gasteiger partial charge in [-0.15, -0.1) is 0 Å². The fraction of sp³-hybridized carbons (Fsp3) is 0.882. The van der Waals surface area contributed by atoms with Crippen LogP contribution in [0, 0.1) is 17.3 Å². The van der Waals surface area contributed by atoms with Gasteiger partial charge in [-0.2, -0.15) is 0 Å². The van der Waals surface area contributed by atoms with E-state index in [4.69, 9.17) is 0 Å². The van der Waals surface area contributed by atoms with Gasteiger partial charge in [0.1, 0.15) is 6.04 Å². The van der Waals surface area contributed by atoms with Crippen LogP contribution in [0.25, 0.3) is 0 Å². The van der Waals surface area contributed by atoms with Crippen molar-refractivity contribution in [3.8, 4) is 0 Å². The first-order chi connectivity index (χ1) is 10.2. The lowest BCUT2D eigenvalue weighted by Gasteiger charge is -2.36. The third-order valence-electron chi connectivity index (χ3n) is 4.88. The second kappa shape index (κ2) is 7.95. The molecule has 0 aliphatic carbocycles. The number of carboxylic acid groups (broad SMARTS) is 1. The van der Waals surface area contributed by atoms with Gasteiger partial charge >= 0.3 is 5.97 Å². The largest absolute Gasteiger partial charge is 0.480 e. The third kappa shape index (κ3) is 5.27. The van der Waals surface area contributed by atoms with Crippen LogP contribution in [-0.4, -0.2) is 47.6 Å². The summed E-state index contributed by atoms with van der Waals surface area (Å²) in [5.41, 5.74) is -0.582. The Labute approximate surface area is 134 Å². The van der Waals surface area contributed by atoms with Crippen molar-refractivity contribution in [3.63, 3.8) is 0 Å². The number of carbonyl (C=O) groups is 2. The van der Waals surface area contributed by atoms with Crippen LogP contribution in [0.5, 0.6) is 0 Å². The van der Waals surface area contributed by atoms with Crippen molar-refractivity contribution in [1.82, 2.24) is 10.2 Å². The molecule has 0 aromatic rings. The molecule has 22 heavy (non-hydrogen) atoms. The molecule has 0 saturated carbocycles. The van der Waals surface area contributed by atoms with Crippen LogP contribution in [0.2, 0.25) is 0 Å². The topological polar surface area (TPSA) is 69.6 Å². The minimum Gasteiger partial charge on any atom is -0.480 e. The van der Waals surface area contributed by atoms with E-state index in [-0.39, 0.29) is 11.8 Å². The Morgan fingerprint density at radius 2 is 1.86 bits per heavy atom. The molecule has 128 valence electrons. The minimum absolute atomic E-state index is 0.0758. The summed E-state index contributed by atoms with van der Waals surface area (Å²) < 4.78 is 0. The van der Waals surface area contributed by atoms with E-state index in [0.29, 0.717) is 6.54 Å². The maximum atomic E-state index is 12.5. The Balaban J connectivity index is 2.62. The SMILES string of the molecule is CCC(C)C(NC(=O)C(C)(C)CN1CCC(C)CC1)C(=O)O. The first kappa shape index (κ1) is 18.9. The number of hydrogen-bond donors (Lipinski definition) is 2. The molecule has 2 unspecified atom stereocenters. The number of carboxylic acids is 1. The number of likely N-dealkylation sites (tertiary alicyclic amines) is 1. The number of piperidine rings is 1. The van der Waals surface area contributed by atoms with Crippen molar-refractivity contribution in [2.75, 3.05) is 19.6 Å². The van der Waals surface area contributed by atoms with Gasteiger partial charge in [-0.25, -0.2) is 4.79 Å². The Morgan fingerprint density at radius 3 is 2.32 bits per heavy atom. The van der Waals surface area contributed by atoms with Crippen LogP contribution in [0.15, 0.2) is 0 Å². The summed E-state index contributed by atoms with van der Waals surface area (Å²) in [6.07, 6.45) is 3.06. The van der Waals surface area contributed by atoms with Crippen LogP contribution in [-0.2, 0) is 9.59 Å². The molecule has 0 spiro atoms. The van der Waals surface area contributed by atoms with Crippen LogP contribution in [0.3, 0.4) is 0 Å². The molecule has 0 radical (unpaired) electrons. The van der Waals surface area contributed by atoms with Crippen LogP contribution in [0.1, 0.15) is 53.9 Å². The summed E-state index contributed by atoms with van der Waals surface area (Å²) in [5, 5.41) is 12.1. The monoisotopic (exact) mass is 312 g/mol. The number of rotatable bonds is 7. The fourth-order valence-electron chi connectivity index (χ4n) is 2.87. The standard InChI is InChI=1S/C17H32N2O3/c1-6-13(3)14(15(20)21)18-16(22)17(4,5)11-19-9-7-12(2)8-10-19/h12-14H,6-11H2,1-5H3,(H,18,22)(H,20,21). The van der Waals surface area contributed by atoms with Gasteiger partial charge in [0.25, 0.3) is 0 Å². The quantitative estimate of drug-likeness (QED) is 0.757. The van der Waals surface area contributed by atoms with Crippen LogP contribution < -0.4 is 5.32 Å². The number of aliphatic carboxylic acids is 1. The molecule has 0 aromatic carbocycles. The average Bonchev–Trinajstić information content (AvgIpc) is 2.45. The summed E-state index contributed by atoms with van der Waals surface area (Å²) >= 11 is 0. The first-order valence-electron chi connectivity index (χ1n) is 8.43. The van der Waals surface area contributed by atoms with Crippen molar-refractivity contribution in [2.45, 2.75) is 59.9 Å².